The number of hydrogen-bond acceptors (Lipinski definition) is 3. The van der Waals surface area contributed by atoms with Gasteiger partial charge in [-0.3, -0.25) is 4.79 Å². The largest absolute Gasteiger partial charge is 0.362 e. The quantitative estimate of drug-likeness (QED) is 0.322. The summed E-state index contributed by atoms with van der Waals surface area (Å²) < 4.78 is 15.7. The molecular formula is C25H26ClN5O3S. The second-order valence-corrected chi connectivity index (χ2v) is 9.22. The highest BCUT2D eigenvalue weighted by molar-refractivity contribution is 7.83. The van der Waals surface area contributed by atoms with E-state index in [0.29, 0.717) is 27.8 Å². The van der Waals surface area contributed by atoms with Crippen molar-refractivity contribution in [1.82, 2.24) is 10.2 Å². The van der Waals surface area contributed by atoms with Crippen LogP contribution in [0.4, 0.5) is 16.2 Å². The number of rotatable bonds is 7. The molecule has 0 saturated carbocycles. The van der Waals surface area contributed by atoms with Crippen molar-refractivity contribution in [2.24, 2.45) is 4.40 Å². The van der Waals surface area contributed by atoms with E-state index in [4.69, 9.17) is 11.6 Å². The van der Waals surface area contributed by atoms with Gasteiger partial charge >= 0.3 is 6.03 Å². The predicted octanol–water partition coefficient (Wildman–Crippen LogP) is 4.44. The van der Waals surface area contributed by atoms with E-state index in [-0.39, 0.29) is 0 Å². The number of hydrogen-bond donors (Lipinski definition) is 3. The second-order valence-electron chi connectivity index (χ2n) is 7.75. The van der Waals surface area contributed by atoms with Gasteiger partial charge in [-0.2, -0.15) is 4.40 Å². The van der Waals surface area contributed by atoms with Crippen molar-refractivity contribution in [1.29, 1.82) is 0 Å². The topological polar surface area (TPSA) is 103 Å². The molecule has 0 bridgehead atoms. The second kappa shape index (κ2) is 12.1. The van der Waals surface area contributed by atoms with Crippen LogP contribution >= 0.6 is 11.6 Å². The van der Waals surface area contributed by atoms with Crippen molar-refractivity contribution in [3.05, 3.63) is 95.0 Å². The fourth-order valence-corrected chi connectivity index (χ4v) is 3.85. The van der Waals surface area contributed by atoms with Crippen molar-refractivity contribution in [2.45, 2.75) is 6.04 Å². The summed E-state index contributed by atoms with van der Waals surface area (Å²) in [5.74, 6) is 0.151. The van der Waals surface area contributed by atoms with Crippen LogP contribution in [-0.2, 0) is 15.8 Å². The lowest BCUT2D eigenvalue weighted by Crippen LogP contribution is -2.39. The molecule has 0 heterocycles. The minimum atomic E-state index is -1.36. The van der Waals surface area contributed by atoms with Gasteiger partial charge < -0.3 is 20.9 Å². The van der Waals surface area contributed by atoms with Crippen molar-refractivity contribution >= 4 is 51.7 Å². The highest BCUT2D eigenvalue weighted by Gasteiger charge is 2.23. The summed E-state index contributed by atoms with van der Waals surface area (Å²) in [5.41, 5.74) is 2.46. The zero-order valence-electron chi connectivity index (χ0n) is 19.5. The average molecular weight is 512 g/mol. The first-order valence-electron chi connectivity index (χ1n) is 10.6. The van der Waals surface area contributed by atoms with Gasteiger partial charge in [0, 0.05) is 42.3 Å². The maximum absolute atomic E-state index is 13.2. The first kappa shape index (κ1) is 25.9. The van der Waals surface area contributed by atoms with Crippen molar-refractivity contribution in [2.75, 3.05) is 31.0 Å². The zero-order valence-corrected chi connectivity index (χ0v) is 21.1. The molecule has 10 heteroatoms. The molecule has 0 spiro atoms. The molecule has 0 radical (unpaired) electrons. The molecule has 8 nitrogen and oxygen atoms in total. The Balaban J connectivity index is 1.76. The maximum atomic E-state index is 13.2. The van der Waals surface area contributed by atoms with Crippen LogP contribution in [0.25, 0.3) is 0 Å². The zero-order chi connectivity index (χ0) is 25.4. The number of anilines is 2. The van der Waals surface area contributed by atoms with Gasteiger partial charge in [-0.1, -0.05) is 41.9 Å². The van der Waals surface area contributed by atoms with Crippen molar-refractivity contribution < 1.29 is 13.8 Å². The monoisotopic (exact) mass is 511 g/mol. The summed E-state index contributed by atoms with van der Waals surface area (Å²) in [6.45, 7) is 0. The molecule has 0 aliphatic heterocycles. The average Bonchev–Trinajstić information content (AvgIpc) is 2.83. The third kappa shape index (κ3) is 7.66. The number of halogens is 1. The van der Waals surface area contributed by atoms with Crippen LogP contribution in [0.1, 0.15) is 17.2 Å². The normalized spacial score (nSPS) is 12.9. The van der Waals surface area contributed by atoms with Crippen LogP contribution in [-0.4, -0.2) is 47.2 Å². The molecule has 2 atom stereocenters. The summed E-state index contributed by atoms with van der Waals surface area (Å²) in [7, 11) is 2.27. The van der Waals surface area contributed by atoms with Gasteiger partial charge in [0.1, 0.15) is 22.9 Å². The fourth-order valence-electron chi connectivity index (χ4n) is 3.21. The number of amidine groups is 1. The van der Waals surface area contributed by atoms with E-state index < -0.39 is 29.0 Å². The van der Waals surface area contributed by atoms with Crippen LogP contribution in [0.3, 0.4) is 0 Å². The smallest absolute Gasteiger partial charge is 0.320 e. The van der Waals surface area contributed by atoms with Gasteiger partial charge in [0.15, 0.2) is 0 Å². The van der Waals surface area contributed by atoms with Crippen LogP contribution < -0.4 is 16.0 Å². The molecule has 35 heavy (non-hydrogen) atoms. The van der Waals surface area contributed by atoms with E-state index >= 15 is 0 Å². The number of amides is 3. The summed E-state index contributed by atoms with van der Waals surface area (Å²) in [6, 6.07) is 21.1. The number of nitrogens with zero attached hydrogens (tertiary/aromatic N) is 2. The Hall–Kier alpha value is -3.69. The molecule has 2 unspecified atom stereocenters. The van der Waals surface area contributed by atoms with E-state index in [1.54, 1.807) is 77.7 Å². The fraction of sp³-hybridized carbons (Fsp3) is 0.160. The Bertz CT molecular complexity index is 1220. The molecule has 0 saturated heterocycles. The number of carbonyl (C=O) groups excluding carboxylic acids is 2. The Morgan fingerprint density at radius 1 is 0.886 bits per heavy atom. The minimum absolute atomic E-state index is 0.411. The van der Waals surface area contributed by atoms with E-state index in [1.807, 2.05) is 20.2 Å². The molecule has 182 valence electrons. The lowest BCUT2D eigenvalue weighted by molar-refractivity contribution is -0.118. The summed E-state index contributed by atoms with van der Waals surface area (Å²) in [6.07, 6.45) is 1.50. The van der Waals surface area contributed by atoms with E-state index in [1.165, 1.54) is 6.26 Å². The molecule has 3 aromatic carbocycles. The van der Waals surface area contributed by atoms with Crippen LogP contribution in [0.15, 0.2) is 83.3 Å². The first-order chi connectivity index (χ1) is 16.7. The van der Waals surface area contributed by atoms with E-state index in [2.05, 4.69) is 20.3 Å². The summed E-state index contributed by atoms with van der Waals surface area (Å²) in [4.78, 5) is 27.6. The number of nitrogens with one attached hydrogen (secondary N) is 3. The molecule has 3 aromatic rings. The highest BCUT2D eigenvalue weighted by atomic mass is 35.5. The van der Waals surface area contributed by atoms with Crippen molar-refractivity contribution in [3.8, 4) is 0 Å². The first-order valence-corrected chi connectivity index (χ1v) is 12.5. The van der Waals surface area contributed by atoms with Crippen LogP contribution in [0.2, 0.25) is 5.02 Å². The molecule has 0 aliphatic carbocycles. The Labute approximate surface area is 212 Å². The number of benzene rings is 3. The van der Waals surface area contributed by atoms with Gasteiger partial charge in [-0.25, -0.2) is 9.00 Å². The van der Waals surface area contributed by atoms with E-state index in [0.717, 1.165) is 5.56 Å². The van der Waals surface area contributed by atoms with Crippen molar-refractivity contribution in [3.63, 3.8) is 0 Å². The van der Waals surface area contributed by atoms with Gasteiger partial charge in [-0.15, -0.1) is 0 Å². The van der Waals surface area contributed by atoms with E-state index in [9.17, 15) is 13.8 Å². The number of urea groups is 1. The maximum Gasteiger partial charge on any atom is 0.320 e. The molecule has 0 fully saturated rings. The van der Waals surface area contributed by atoms with Gasteiger partial charge in [0.2, 0.25) is 0 Å². The number of carbonyl (C=O) groups is 2. The molecule has 3 rings (SSSR count). The minimum Gasteiger partial charge on any atom is -0.362 e. The summed E-state index contributed by atoms with van der Waals surface area (Å²) in [5, 5.41) is 8.82. The van der Waals surface area contributed by atoms with Crippen LogP contribution in [0.5, 0.6) is 0 Å². The molecule has 0 aliphatic rings. The van der Waals surface area contributed by atoms with Gasteiger partial charge in [-0.05, 0) is 54.1 Å². The third-order valence-electron chi connectivity index (χ3n) is 4.82. The van der Waals surface area contributed by atoms with Crippen LogP contribution in [0, 0.1) is 0 Å². The molecule has 3 N–H and O–H groups in total. The molecular weight excluding hydrogens is 486 g/mol. The third-order valence-corrected chi connectivity index (χ3v) is 5.50. The molecule has 0 aromatic heterocycles. The Kier molecular flexibility index (Phi) is 8.99. The lowest BCUT2D eigenvalue weighted by atomic mass is 10.1. The lowest BCUT2D eigenvalue weighted by Gasteiger charge is -2.20. The highest BCUT2D eigenvalue weighted by Crippen LogP contribution is 2.19. The Morgan fingerprint density at radius 3 is 2.03 bits per heavy atom. The molecule has 3 amide bonds. The standard InChI is InChI=1S/C25H26ClN5O3S/c1-31(2)23(30-35(3)34)18-9-13-20(14-10-18)27-24(32)22(17-7-5-4-6-8-17)29-25(33)28-21-15-11-19(26)12-16-21/h4-16,22H,1-3H3,(H,27,32)(H2,28,29,33). The predicted molar refractivity (Wildman–Crippen MR) is 142 cm³/mol. The summed E-state index contributed by atoms with van der Waals surface area (Å²) >= 11 is 5.89. The van der Waals surface area contributed by atoms with Gasteiger partial charge in [0.25, 0.3) is 5.91 Å². The van der Waals surface area contributed by atoms with Gasteiger partial charge in [0.05, 0.1) is 0 Å². The Morgan fingerprint density at radius 2 is 1.46 bits per heavy atom. The SMILES string of the molecule is CN(C)C(=NS(C)=O)c1ccc(NC(=O)C(NC(=O)Nc2ccc(Cl)cc2)c2ccccc2)cc1.